The maximum Gasteiger partial charge on any atom is 0.165 e. The minimum atomic E-state index is 0.796. The average molecular weight is 815 g/mol. The van der Waals surface area contributed by atoms with Crippen molar-refractivity contribution >= 4 is 65.4 Å². The summed E-state index contributed by atoms with van der Waals surface area (Å²) in [6.07, 6.45) is 0. The lowest BCUT2D eigenvalue weighted by atomic mass is 10.0. The van der Waals surface area contributed by atoms with Gasteiger partial charge in [-0.25, -0.2) is 9.97 Å². The van der Waals surface area contributed by atoms with Crippen LogP contribution in [0.4, 0.5) is 0 Å². The van der Waals surface area contributed by atoms with Crippen molar-refractivity contribution in [3.8, 4) is 56.1 Å². The predicted molar refractivity (Wildman–Crippen MR) is 267 cm³/mol. The van der Waals surface area contributed by atoms with Crippen LogP contribution in [0.15, 0.2) is 231 Å². The van der Waals surface area contributed by atoms with E-state index in [1.165, 1.54) is 43.6 Å². The molecule has 0 fully saturated rings. The number of benzene rings is 10. The van der Waals surface area contributed by atoms with Crippen LogP contribution >= 0.6 is 0 Å². The van der Waals surface area contributed by atoms with Crippen LogP contribution in [0.1, 0.15) is 0 Å². The minimum Gasteiger partial charge on any atom is -0.309 e. The number of aromatic nitrogens is 4. The first-order chi connectivity index (χ1) is 31.7. The highest BCUT2D eigenvalue weighted by molar-refractivity contribution is 6.15. The molecule has 0 saturated carbocycles. The highest BCUT2D eigenvalue weighted by atomic mass is 15.1. The summed E-state index contributed by atoms with van der Waals surface area (Å²) in [6.45, 7) is 0. The third-order valence-electron chi connectivity index (χ3n) is 12.9. The zero-order chi connectivity index (χ0) is 42.1. The molecule has 0 spiro atoms. The van der Waals surface area contributed by atoms with Crippen LogP contribution in [0.2, 0.25) is 0 Å². The number of fused-ring (bicyclic) bond motifs is 8. The Morgan fingerprint density at radius 3 is 1.50 bits per heavy atom. The number of hydrogen-bond acceptors (Lipinski definition) is 2. The Morgan fingerprint density at radius 2 is 0.766 bits per heavy atom. The fourth-order valence-electron chi connectivity index (χ4n) is 9.81. The Labute approximate surface area is 369 Å². The Hall–Kier alpha value is -8.60. The van der Waals surface area contributed by atoms with Crippen molar-refractivity contribution in [1.29, 1.82) is 0 Å². The highest BCUT2D eigenvalue weighted by Crippen LogP contribution is 2.41. The molecular weight excluding hydrogens is 777 g/mol. The second-order valence-electron chi connectivity index (χ2n) is 16.6. The first-order valence-corrected chi connectivity index (χ1v) is 21.8. The molecule has 0 atom stereocenters. The number of para-hydroxylation sites is 3. The van der Waals surface area contributed by atoms with Gasteiger partial charge in [-0.2, -0.15) is 0 Å². The van der Waals surface area contributed by atoms with E-state index in [4.69, 9.17) is 9.97 Å². The molecule has 13 rings (SSSR count). The van der Waals surface area contributed by atoms with Crippen LogP contribution in [-0.4, -0.2) is 19.1 Å². The molecule has 64 heavy (non-hydrogen) atoms. The number of nitrogens with zero attached hydrogens (tertiary/aromatic N) is 4. The van der Waals surface area contributed by atoms with Crippen LogP contribution < -0.4 is 0 Å². The van der Waals surface area contributed by atoms with Crippen LogP contribution in [0.5, 0.6) is 0 Å². The molecule has 0 aliphatic heterocycles. The van der Waals surface area contributed by atoms with Gasteiger partial charge in [0.2, 0.25) is 0 Å². The molecule has 4 nitrogen and oxygen atoms in total. The van der Waals surface area contributed by atoms with Gasteiger partial charge in [-0.3, -0.25) is 4.57 Å². The minimum absolute atomic E-state index is 0.796. The largest absolute Gasteiger partial charge is 0.309 e. The Bertz CT molecular complexity index is 3950. The molecule has 13 aromatic rings. The maximum absolute atomic E-state index is 5.52. The van der Waals surface area contributed by atoms with E-state index in [-0.39, 0.29) is 0 Å². The molecule has 3 heterocycles. The molecule has 298 valence electrons. The van der Waals surface area contributed by atoms with E-state index in [1.54, 1.807) is 0 Å². The van der Waals surface area contributed by atoms with Gasteiger partial charge < -0.3 is 4.57 Å². The third-order valence-corrected chi connectivity index (χ3v) is 12.9. The van der Waals surface area contributed by atoms with Gasteiger partial charge in [0.25, 0.3) is 0 Å². The summed E-state index contributed by atoms with van der Waals surface area (Å²) in [5.74, 6) is 0.796. The molecule has 0 bridgehead atoms. The van der Waals surface area contributed by atoms with Crippen molar-refractivity contribution in [3.05, 3.63) is 231 Å². The van der Waals surface area contributed by atoms with Gasteiger partial charge in [0.15, 0.2) is 5.82 Å². The van der Waals surface area contributed by atoms with Gasteiger partial charge in [-0.15, -0.1) is 0 Å². The van der Waals surface area contributed by atoms with Crippen LogP contribution in [0.25, 0.3) is 122 Å². The van der Waals surface area contributed by atoms with E-state index in [2.05, 4.69) is 228 Å². The normalized spacial score (nSPS) is 11.8. The lowest BCUT2D eigenvalue weighted by Crippen LogP contribution is -2.04. The lowest BCUT2D eigenvalue weighted by molar-refractivity contribution is 1.08. The Balaban J connectivity index is 1.06. The van der Waals surface area contributed by atoms with Gasteiger partial charge in [0, 0.05) is 32.8 Å². The SMILES string of the molecule is c1ccc(-c2cccc(-c3nc4ccccc4nc3-n3c4cc(-c5ccc6c7ccccc7n(-c7cccc(-c8ccccc8)c7)c6c5)ccc4c4cc5ccccc5cc43)c2)cc1. The summed E-state index contributed by atoms with van der Waals surface area (Å²) < 4.78 is 4.78. The van der Waals surface area contributed by atoms with Crippen molar-refractivity contribution in [2.45, 2.75) is 0 Å². The maximum atomic E-state index is 5.52. The van der Waals surface area contributed by atoms with E-state index in [0.717, 1.165) is 78.0 Å². The van der Waals surface area contributed by atoms with E-state index in [1.807, 2.05) is 12.1 Å². The summed E-state index contributed by atoms with van der Waals surface area (Å²) in [5.41, 5.74) is 16.1. The molecule has 0 saturated heterocycles. The molecule has 10 aromatic carbocycles. The first-order valence-electron chi connectivity index (χ1n) is 21.8. The first kappa shape index (κ1) is 36.1. The zero-order valence-corrected chi connectivity index (χ0v) is 34.7. The fourth-order valence-corrected chi connectivity index (χ4v) is 9.81. The highest BCUT2D eigenvalue weighted by Gasteiger charge is 2.22. The molecule has 0 N–H and O–H groups in total. The summed E-state index contributed by atoms with van der Waals surface area (Å²) in [5, 5.41) is 7.17. The Kier molecular flexibility index (Phi) is 8.18. The number of rotatable bonds is 6. The summed E-state index contributed by atoms with van der Waals surface area (Å²) in [6, 6.07) is 82.9. The van der Waals surface area contributed by atoms with Crippen molar-refractivity contribution in [2.75, 3.05) is 0 Å². The molecule has 4 heteroatoms. The second-order valence-corrected chi connectivity index (χ2v) is 16.6. The molecule has 0 aliphatic rings. The molecule has 3 aromatic heterocycles. The molecular formula is C60H38N4. The van der Waals surface area contributed by atoms with E-state index in [9.17, 15) is 0 Å². The van der Waals surface area contributed by atoms with Crippen molar-refractivity contribution in [3.63, 3.8) is 0 Å². The van der Waals surface area contributed by atoms with Gasteiger partial charge in [-0.1, -0.05) is 170 Å². The van der Waals surface area contributed by atoms with Gasteiger partial charge in [0.1, 0.15) is 5.69 Å². The van der Waals surface area contributed by atoms with Crippen molar-refractivity contribution in [1.82, 2.24) is 19.1 Å². The van der Waals surface area contributed by atoms with E-state index in [0.29, 0.717) is 0 Å². The van der Waals surface area contributed by atoms with Crippen molar-refractivity contribution in [2.24, 2.45) is 0 Å². The summed E-state index contributed by atoms with van der Waals surface area (Å²) in [7, 11) is 0. The zero-order valence-electron chi connectivity index (χ0n) is 34.7. The molecule has 0 amide bonds. The van der Waals surface area contributed by atoms with E-state index >= 15 is 0 Å². The topological polar surface area (TPSA) is 35.6 Å². The smallest absolute Gasteiger partial charge is 0.165 e. The quantitative estimate of drug-likeness (QED) is 0.168. The predicted octanol–water partition coefficient (Wildman–Crippen LogP) is 15.6. The van der Waals surface area contributed by atoms with Gasteiger partial charge in [0.05, 0.1) is 33.1 Å². The second kappa shape index (κ2) is 14.5. The van der Waals surface area contributed by atoms with Crippen LogP contribution in [0, 0.1) is 0 Å². The van der Waals surface area contributed by atoms with Gasteiger partial charge >= 0.3 is 0 Å². The fraction of sp³-hybridized carbons (Fsp3) is 0. The molecule has 0 unspecified atom stereocenters. The van der Waals surface area contributed by atoms with Gasteiger partial charge in [-0.05, 0) is 105 Å². The van der Waals surface area contributed by atoms with Crippen LogP contribution in [0.3, 0.4) is 0 Å². The standard InChI is InChI=1S/C60H38N4/c1-3-15-39(16-4-1)41-21-13-23-47(33-41)59-60(62-54-27-11-10-26-53(54)61-59)64-57-38-46(30-32-51(57)52-35-43-19-7-8-20-44(43)36-58(52)64)45-29-31-50-49-25-9-12-28-55(49)63(56(50)37-45)48-24-14-22-42(34-48)40-17-5-2-6-18-40/h1-38H. The van der Waals surface area contributed by atoms with E-state index < -0.39 is 0 Å². The Morgan fingerprint density at radius 1 is 0.266 bits per heavy atom. The van der Waals surface area contributed by atoms with Crippen LogP contribution in [-0.2, 0) is 0 Å². The lowest BCUT2D eigenvalue weighted by Gasteiger charge is -2.15. The summed E-state index contributed by atoms with van der Waals surface area (Å²) in [4.78, 5) is 10.9. The van der Waals surface area contributed by atoms with Crippen molar-refractivity contribution < 1.29 is 0 Å². The average Bonchev–Trinajstić information content (AvgIpc) is 3.87. The molecule has 0 aliphatic carbocycles. The summed E-state index contributed by atoms with van der Waals surface area (Å²) >= 11 is 0. The molecule has 0 radical (unpaired) electrons. The monoisotopic (exact) mass is 814 g/mol. The number of hydrogen-bond donors (Lipinski definition) is 0. The third kappa shape index (κ3) is 5.84.